The molecule has 0 unspecified atom stereocenters. The third kappa shape index (κ3) is 13.8. The summed E-state index contributed by atoms with van der Waals surface area (Å²) in [6.45, 7) is 10.9. The van der Waals surface area contributed by atoms with E-state index in [0.717, 1.165) is 33.4 Å². The van der Waals surface area contributed by atoms with E-state index in [-0.39, 0.29) is 0 Å². The number of hydrogen-bond donors (Lipinski definition) is 0. The molecule has 548 valence electrons. The van der Waals surface area contributed by atoms with Crippen LogP contribution in [0, 0.1) is 0 Å². The summed E-state index contributed by atoms with van der Waals surface area (Å²) in [5.41, 5.74) is 10.0. The second-order valence-corrected chi connectivity index (χ2v) is 29.9. The van der Waals surface area contributed by atoms with Gasteiger partial charge in [-0.1, -0.05) is 127 Å². The first kappa shape index (κ1) is 68.9. The van der Waals surface area contributed by atoms with Gasteiger partial charge in [0.15, 0.2) is 53.0 Å². The number of rotatable bonds is 24. The Morgan fingerprint density at radius 2 is 0.645 bits per heavy atom. The van der Waals surface area contributed by atoms with Gasteiger partial charge < -0.3 is 56.8 Å². The van der Waals surface area contributed by atoms with Crippen molar-refractivity contribution in [2.24, 2.45) is 0 Å². The fourth-order valence-corrected chi connectivity index (χ4v) is 16.0. The monoisotopic (exact) mass is 1470 g/mol. The van der Waals surface area contributed by atoms with Gasteiger partial charge >= 0.3 is 7.82 Å². The minimum absolute atomic E-state index is 0.384. The third-order valence-corrected chi connectivity index (χ3v) is 20.9. The number of aromatic nitrogens is 12. The number of ether oxygens (including phenoxy) is 12. The van der Waals surface area contributed by atoms with Crippen LogP contribution in [0.15, 0.2) is 202 Å². The molecule has 0 aliphatic carbocycles. The first-order valence-electron chi connectivity index (χ1n) is 35.4. The van der Waals surface area contributed by atoms with E-state index < -0.39 is 119 Å². The minimum Gasteiger partial charge on any atom is -0.489 e. The number of fused-ring (bicyclic) bond motifs is 6. The van der Waals surface area contributed by atoms with E-state index in [2.05, 4.69) is 0 Å². The molecule has 29 heteroatoms. The molecule has 6 fully saturated rings. The van der Waals surface area contributed by atoms with Crippen LogP contribution in [0.1, 0.15) is 76.9 Å². The van der Waals surface area contributed by atoms with Gasteiger partial charge in [-0.3, -0.25) is 27.3 Å². The van der Waals surface area contributed by atoms with Crippen LogP contribution in [-0.2, 0) is 80.6 Å². The summed E-state index contributed by atoms with van der Waals surface area (Å²) in [6, 6.07) is 52.8. The van der Waals surface area contributed by atoms with Crippen molar-refractivity contribution in [1.29, 1.82) is 0 Å². The predicted octanol–water partition coefficient (Wildman–Crippen LogP) is 12.7. The molecule has 12 heterocycles. The lowest BCUT2D eigenvalue weighted by Gasteiger charge is -2.28. The molecule has 28 nitrogen and oxygen atoms in total. The second-order valence-electron chi connectivity index (χ2n) is 28.3. The van der Waals surface area contributed by atoms with Crippen molar-refractivity contribution >= 4 is 41.3 Å². The Morgan fingerprint density at radius 1 is 0.355 bits per heavy atom. The number of phosphoric acid groups is 1. The highest BCUT2D eigenvalue weighted by atomic mass is 31.2. The van der Waals surface area contributed by atoms with Crippen LogP contribution in [-0.4, -0.2) is 151 Å². The smallest absolute Gasteiger partial charge is 0.475 e. The van der Waals surface area contributed by atoms with Gasteiger partial charge in [0.05, 0.1) is 38.8 Å². The van der Waals surface area contributed by atoms with Crippen molar-refractivity contribution < 1.29 is 75.0 Å². The summed E-state index contributed by atoms with van der Waals surface area (Å²) in [5.74, 6) is -1.31. The molecule has 0 bridgehead atoms. The summed E-state index contributed by atoms with van der Waals surface area (Å²) < 4.78 is 120. The zero-order valence-electron chi connectivity index (χ0n) is 59.1. The van der Waals surface area contributed by atoms with Crippen molar-refractivity contribution in [3.05, 3.63) is 218 Å². The maximum Gasteiger partial charge on any atom is 0.475 e. The first-order valence-corrected chi connectivity index (χ1v) is 36.9. The summed E-state index contributed by atoms with van der Waals surface area (Å²) >= 11 is 0. The molecule has 0 N–H and O–H groups in total. The van der Waals surface area contributed by atoms with Gasteiger partial charge in [0.2, 0.25) is 0 Å². The third-order valence-electron chi connectivity index (χ3n) is 19.5. The molecule has 0 amide bonds. The van der Waals surface area contributed by atoms with Crippen LogP contribution < -0.4 is 14.2 Å². The lowest BCUT2D eigenvalue weighted by molar-refractivity contribution is -0.202. The van der Waals surface area contributed by atoms with E-state index >= 15 is 4.57 Å². The molecule has 6 aliphatic heterocycles. The van der Waals surface area contributed by atoms with Crippen LogP contribution in [0.25, 0.3) is 67.3 Å². The Bertz CT molecular complexity index is 4760. The Morgan fingerprint density at radius 3 is 0.944 bits per heavy atom. The Kier molecular flexibility index (Phi) is 18.1. The maximum atomic E-state index is 16.2. The van der Waals surface area contributed by atoms with E-state index in [1.54, 1.807) is 32.7 Å². The molecule has 12 atom stereocenters. The zero-order chi connectivity index (χ0) is 72.6. The Labute approximate surface area is 613 Å². The first-order chi connectivity index (χ1) is 52.0. The molecule has 0 radical (unpaired) electrons. The van der Waals surface area contributed by atoms with Gasteiger partial charge in [0.1, 0.15) is 145 Å². The summed E-state index contributed by atoms with van der Waals surface area (Å²) in [4.78, 5) is 42.9. The van der Waals surface area contributed by atoms with Crippen LogP contribution in [0.3, 0.4) is 0 Å². The maximum absolute atomic E-state index is 16.2. The Balaban J connectivity index is 0.630. The number of benzene rings is 6. The topological polar surface area (TPSA) is 286 Å². The van der Waals surface area contributed by atoms with Gasteiger partial charge in [-0.2, -0.15) is 0 Å². The van der Waals surface area contributed by atoms with Crippen LogP contribution in [0.4, 0.5) is 0 Å². The number of imidazole rings is 3. The normalized spacial score (nSPS) is 25.4. The van der Waals surface area contributed by atoms with Crippen LogP contribution in [0.5, 0.6) is 17.2 Å². The van der Waals surface area contributed by atoms with Crippen molar-refractivity contribution in [2.45, 2.75) is 152 Å². The molecule has 12 aromatic rings. The zero-order valence-corrected chi connectivity index (χ0v) is 60.0. The van der Waals surface area contributed by atoms with E-state index in [1.807, 2.05) is 205 Å². The average molecular weight is 1470 g/mol. The van der Waals surface area contributed by atoms with Crippen molar-refractivity contribution in [1.82, 2.24) is 58.6 Å². The highest BCUT2D eigenvalue weighted by Gasteiger charge is 2.60. The predicted molar refractivity (Wildman–Crippen MR) is 383 cm³/mol. The van der Waals surface area contributed by atoms with E-state index in [1.165, 1.54) is 19.0 Å². The van der Waals surface area contributed by atoms with Gasteiger partial charge in [-0.05, 0) is 94.6 Å². The molecule has 107 heavy (non-hydrogen) atoms. The van der Waals surface area contributed by atoms with E-state index in [0.29, 0.717) is 87.6 Å². The summed E-state index contributed by atoms with van der Waals surface area (Å²) in [6.07, 6.45) is -0.746. The number of phosphoric ester groups is 1. The van der Waals surface area contributed by atoms with Gasteiger partial charge in [0, 0.05) is 16.7 Å². The number of hydrogen-bond acceptors (Lipinski definition) is 25. The largest absolute Gasteiger partial charge is 0.489 e. The summed E-state index contributed by atoms with van der Waals surface area (Å²) in [5, 5.41) is 0. The van der Waals surface area contributed by atoms with Crippen molar-refractivity contribution in [2.75, 3.05) is 19.8 Å². The van der Waals surface area contributed by atoms with Crippen LogP contribution in [0.2, 0.25) is 0 Å². The molecule has 0 spiro atoms. The second kappa shape index (κ2) is 28.0. The van der Waals surface area contributed by atoms with Gasteiger partial charge in [-0.15, -0.1) is 0 Å². The fourth-order valence-electron chi connectivity index (χ4n) is 14.8. The highest BCUT2D eigenvalue weighted by molar-refractivity contribution is 7.48. The molecular weight excluding hydrogens is 1390 g/mol. The quantitative estimate of drug-likeness (QED) is 0.0508. The van der Waals surface area contributed by atoms with E-state index in [9.17, 15) is 0 Å². The average Bonchev–Trinajstić information content (AvgIpc) is 1.60. The lowest BCUT2D eigenvalue weighted by Crippen LogP contribution is -2.35. The highest BCUT2D eigenvalue weighted by Crippen LogP contribution is 2.55. The molecule has 6 aliphatic rings. The number of nitrogens with zero attached hydrogens (tertiary/aromatic N) is 12. The molecule has 18 rings (SSSR count). The van der Waals surface area contributed by atoms with Crippen molar-refractivity contribution in [3.8, 4) is 51.0 Å². The molecule has 6 aromatic carbocycles. The lowest BCUT2D eigenvalue weighted by atomic mass is 10.1. The standard InChI is InChI=1S/C78H75N12O16P/c1-76(2)101-64-55(98-73(67(64)104-76)88-43-85-61-58(79-40-82-70(61)88)49-25-16-28-52(31-49)92-34-46-19-10-7-11-20-46)37-95-107(91,96-38-56-65-68(105-77(3,4)102-65)74(99-56)89-44-86-62-59(80-41-83-71(62)89)50-26-17-29-53(32-50)93-35-47-21-12-8-13-22-47)97-39-57-66-69(106-78(5,6)103-66)75(100-57)90-45-87-63-60(81-42-84-72(63)90)51-27-18-30-54(33-51)94-36-48-23-14-9-15-24-48/h7-33,40-45,55-57,64-69,73-75H,34-39H2,1-6H3/t55-,56-,57-,64-,65-,66-,67-,68-,69-,73-,74-,75-/m1/s1. The Hall–Kier alpha value is -9.88. The van der Waals surface area contributed by atoms with Crippen LogP contribution >= 0.6 is 7.82 Å². The van der Waals surface area contributed by atoms with Crippen molar-refractivity contribution in [3.63, 3.8) is 0 Å². The van der Waals surface area contributed by atoms with Gasteiger partial charge in [0.25, 0.3) is 0 Å². The van der Waals surface area contributed by atoms with E-state index in [4.69, 9.17) is 115 Å². The SMILES string of the molecule is CC1(C)O[C@@H]2[C@H](O1)[C@@H](COP(=O)(OC[C@H]1O[C@@H](n3cnc4c(-c5cccc(OCc6ccccc6)c5)ncnc43)[C@@H]3OC(C)(C)O[C@@H]31)OC[C@H]1O[C@@H](n3cnc4c(-c5cccc(OCc6ccccc6)c5)ncnc43)[C@@H]3OC(C)(C)O[C@@H]31)O[C@H]2n1cnc2c(-c3cccc(OCc4ccccc4)c3)ncnc21. The minimum atomic E-state index is -4.82. The molecule has 6 saturated heterocycles. The molecule has 6 aromatic heterocycles. The molecular formula is C78H75N12O16P. The molecule has 0 saturated carbocycles. The fraction of sp³-hybridized carbons (Fsp3) is 0.346. The van der Waals surface area contributed by atoms with Gasteiger partial charge in [-0.25, -0.2) is 49.4 Å². The summed E-state index contributed by atoms with van der Waals surface area (Å²) in [7, 11) is -4.82.